The van der Waals surface area contributed by atoms with Crippen LogP contribution in [0, 0.1) is 0 Å². The number of thioether (sulfide) groups is 1. The summed E-state index contributed by atoms with van der Waals surface area (Å²) < 4.78 is 15.9. The highest BCUT2D eigenvalue weighted by Gasteiger charge is 2.22. The molecule has 0 bridgehead atoms. The number of anilines is 2. The van der Waals surface area contributed by atoms with Crippen LogP contribution >= 0.6 is 11.8 Å². The first-order valence-corrected chi connectivity index (χ1v) is 12.3. The number of benzene rings is 2. The first kappa shape index (κ1) is 25.1. The Morgan fingerprint density at radius 2 is 1.78 bits per heavy atom. The van der Waals surface area contributed by atoms with Gasteiger partial charge in [-0.25, -0.2) is 9.78 Å². The van der Waals surface area contributed by atoms with Crippen molar-refractivity contribution in [2.24, 2.45) is 0 Å². The second-order valence-corrected chi connectivity index (χ2v) is 8.81. The summed E-state index contributed by atoms with van der Waals surface area (Å²) in [5.74, 6) is -0.247. The molecule has 186 valence electrons. The number of esters is 1. The molecule has 0 spiro atoms. The zero-order valence-electron chi connectivity index (χ0n) is 19.8. The van der Waals surface area contributed by atoms with Crippen molar-refractivity contribution in [3.8, 4) is 11.5 Å². The first-order valence-electron chi connectivity index (χ1n) is 11.3. The summed E-state index contributed by atoms with van der Waals surface area (Å²) in [6.07, 6.45) is 1.38. The molecule has 10 heteroatoms. The Morgan fingerprint density at radius 3 is 2.56 bits per heavy atom. The number of carbonyl (C=O) groups is 3. The van der Waals surface area contributed by atoms with E-state index in [4.69, 9.17) is 14.2 Å². The van der Waals surface area contributed by atoms with Gasteiger partial charge in [-0.05, 0) is 55.3 Å². The fourth-order valence-corrected chi connectivity index (χ4v) is 4.09. The molecular weight excluding hydrogens is 482 g/mol. The quantitative estimate of drug-likeness (QED) is 0.326. The minimum atomic E-state index is -1.03. The lowest BCUT2D eigenvalue weighted by molar-refractivity contribution is -0.123. The van der Waals surface area contributed by atoms with Crippen molar-refractivity contribution < 1.29 is 28.6 Å². The van der Waals surface area contributed by atoms with Gasteiger partial charge in [-0.1, -0.05) is 30.8 Å². The van der Waals surface area contributed by atoms with Crippen LogP contribution in [0.2, 0.25) is 0 Å². The summed E-state index contributed by atoms with van der Waals surface area (Å²) in [6, 6.07) is 15.7. The zero-order chi connectivity index (χ0) is 25.5. The summed E-state index contributed by atoms with van der Waals surface area (Å²) in [5, 5.41) is 5.84. The van der Waals surface area contributed by atoms with Gasteiger partial charge in [0.05, 0.1) is 11.3 Å². The van der Waals surface area contributed by atoms with Gasteiger partial charge in [-0.15, -0.1) is 0 Å². The van der Waals surface area contributed by atoms with Crippen molar-refractivity contribution in [3.63, 3.8) is 0 Å². The Kier molecular flexibility index (Phi) is 8.06. The van der Waals surface area contributed by atoms with Crippen LogP contribution in [-0.2, 0) is 20.7 Å². The normalized spacial score (nSPS) is 12.5. The molecule has 1 aliphatic rings. The molecule has 0 saturated heterocycles. The molecule has 2 heterocycles. The van der Waals surface area contributed by atoms with Gasteiger partial charge in [0.1, 0.15) is 5.03 Å². The number of hydrogen-bond acceptors (Lipinski definition) is 8. The number of pyridine rings is 1. The predicted octanol–water partition coefficient (Wildman–Crippen LogP) is 4.29. The maximum atomic E-state index is 12.8. The zero-order valence-corrected chi connectivity index (χ0v) is 20.6. The molecule has 2 aromatic carbocycles. The third kappa shape index (κ3) is 6.33. The fourth-order valence-electron chi connectivity index (χ4n) is 3.31. The smallest absolute Gasteiger partial charge is 0.341 e. The van der Waals surface area contributed by atoms with E-state index in [1.165, 1.54) is 13.1 Å². The number of aryl methyl sites for hydroxylation is 1. The van der Waals surface area contributed by atoms with Crippen LogP contribution in [-0.4, -0.2) is 41.4 Å². The second-order valence-electron chi connectivity index (χ2n) is 7.85. The Morgan fingerprint density at radius 1 is 1.03 bits per heavy atom. The molecule has 1 unspecified atom stereocenters. The summed E-state index contributed by atoms with van der Waals surface area (Å²) >= 11 is 1.09. The van der Waals surface area contributed by atoms with Gasteiger partial charge in [0, 0.05) is 23.6 Å². The molecule has 2 amide bonds. The highest BCUT2D eigenvalue weighted by atomic mass is 32.2. The van der Waals surface area contributed by atoms with E-state index in [9.17, 15) is 14.4 Å². The third-order valence-corrected chi connectivity index (χ3v) is 6.28. The van der Waals surface area contributed by atoms with Gasteiger partial charge < -0.3 is 24.8 Å². The number of nitrogens with zero attached hydrogens (tertiary/aromatic N) is 1. The maximum Gasteiger partial charge on any atom is 0.341 e. The standard InChI is InChI=1S/C26H25N3O6S/c1-3-17-6-8-18(9-7-17)29-24(31)16(2)35-26(32)20-5-4-12-27-25(20)36-14-23(30)28-19-10-11-21-22(13-19)34-15-33-21/h4-13,16H,3,14-15H2,1-2H3,(H,28,30)(H,29,31). The number of ether oxygens (including phenoxy) is 3. The minimum absolute atomic E-state index is 0.00945. The van der Waals surface area contributed by atoms with Crippen LogP contribution in [0.1, 0.15) is 29.8 Å². The lowest BCUT2D eigenvalue weighted by Gasteiger charge is -2.15. The Hall–Kier alpha value is -4.05. The molecule has 3 aromatic rings. The molecule has 0 aliphatic carbocycles. The van der Waals surface area contributed by atoms with Crippen LogP contribution in [0.3, 0.4) is 0 Å². The number of carbonyl (C=O) groups excluding carboxylic acids is 3. The van der Waals surface area contributed by atoms with E-state index in [0.717, 1.165) is 23.7 Å². The average molecular weight is 508 g/mol. The number of fused-ring (bicyclic) bond motifs is 1. The van der Waals surface area contributed by atoms with Gasteiger partial charge in [0.2, 0.25) is 12.7 Å². The van der Waals surface area contributed by atoms with Crippen molar-refractivity contribution >= 4 is 40.9 Å². The molecule has 1 atom stereocenters. The van der Waals surface area contributed by atoms with Gasteiger partial charge >= 0.3 is 5.97 Å². The van der Waals surface area contributed by atoms with Crippen LogP contribution < -0.4 is 20.1 Å². The van der Waals surface area contributed by atoms with E-state index in [-0.39, 0.29) is 24.0 Å². The molecule has 0 radical (unpaired) electrons. The third-order valence-electron chi connectivity index (χ3n) is 5.27. The number of amides is 2. The number of hydrogen-bond donors (Lipinski definition) is 2. The number of rotatable bonds is 9. The molecule has 1 aromatic heterocycles. The van der Waals surface area contributed by atoms with Gasteiger partial charge in [-0.3, -0.25) is 9.59 Å². The van der Waals surface area contributed by atoms with E-state index in [2.05, 4.69) is 15.6 Å². The SMILES string of the molecule is CCc1ccc(NC(=O)C(C)OC(=O)c2cccnc2SCC(=O)Nc2ccc3c(c2)OCO3)cc1. The monoisotopic (exact) mass is 507 g/mol. The largest absolute Gasteiger partial charge is 0.454 e. The highest BCUT2D eigenvalue weighted by molar-refractivity contribution is 8.00. The predicted molar refractivity (Wildman–Crippen MR) is 135 cm³/mol. The van der Waals surface area contributed by atoms with Crippen LogP contribution in [0.4, 0.5) is 11.4 Å². The van der Waals surface area contributed by atoms with Crippen LogP contribution in [0.25, 0.3) is 0 Å². The summed E-state index contributed by atoms with van der Waals surface area (Å²) in [4.78, 5) is 41.9. The lowest BCUT2D eigenvalue weighted by atomic mass is 10.1. The van der Waals surface area contributed by atoms with E-state index in [1.54, 1.807) is 42.5 Å². The Labute approximate surface area is 212 Å². The molecule has 9 nitrogen and oxygen atoms in total. The second kappa shape index (κ2) is 11.6. The number of aromatic nitrogens is 1. The van der Waals surface area contributed by atoms with Crippen molar-refractivity contribution in [3.05, 3.63) is 71.9 Å². The van der Waals surface area contributed by atoms with Crippen molar-refractivity contribution in [2.45, 2.75) is 31.4 Å². The molecule has 0 fully saturated rings. The molecule has 2 N–H and O–H groups in total. The summed E-state index contributed by atoms with van der Waals surface area (Å²) in [6.45, 7) is 3.69. The lowest BCUT2D eigenvalue weighted by Crippen LogP contribution is -2.30. The van der Waals surface area contributed by atoms with Crippen molar-refractivity contribution in [2.75, 3.05) is 23.2 Å². The van der Waals surface area contributed by atoms with E-state index >= 15 is 0 Å². The molecule has 36 heavy (non-hydrogen) atoms. The molecule has 0 saturated carbocycles. The summed E-state index contributed by atoms with van der Waals surface area (Å²) in [5.41, 5.74) is 2.50. The van der Waals surface area contributed by atoms with Crippen LogP contribution in [0.15, 0.2) is 65.8 Å². The van der Waals surface area contributed by atoms with Crippen LogP contribution in [0.5, 0.6) is 11.5 Å². The number of nitrogens with one attached hydrogen (secondary N) is 2. The first-order chi connectivity index (χ1) is 17.4. The topological polar surface area (TPSA) is 116 Å². The maximum absolute atomic E-state index is 12.8. The van der Waals surface area contributed by atoms with Gasteiger partial charge in [0.15, 0.2) is 17.6 Å². The van der Waals surface area contributed by atoms with E-state index < -0.39 is 18.0 Å². The van der Waals surface area contributed by atoms with Crippen molar-refractivity contribution in [1.29, 1.82) is 0 Å². The van der Waals surface area contributed by atoms with Gasteiger partial charge in [0.25, 0.3) is 5.91 Å². The van der Waals surface area contributed by atoms with Crippen molar-refractivity contribution in [1.82, 2.24) is 4.98 Å². The van der Waals surface area contributed by atoms with E-state index in [1.807, 2.05) is 19.1 Å². The molecule has 1 aliphatic heterocycles. The Bertz CT molecular complexity index is 1260. The Balaban J connectivity index is 1.32. The minimum Gasteiger partial charge on any atom is -0.454 e. The molecule has 4 rings (SSSR count). The van der Waals surface area contributed by atoms with Gasteiger partial charge in [-0.2, -0.15) is 0 Å². The summed E-state index contributed by atoms with van der Waals surface area (Å²) in [7, 11) is 0. The van der Waals surface area contributed by atoms with E-state index in [0.29, 0.717) is 27.9 Å². The highest BCUT2D eigenvalue weighted by Crippen LogP contribution is 2.34. The molecular formula is C26H25N3O6S. The average Bonchev–Trinajstić information content (AvgIpc) is 3.36. The fraction of sp³-hybridized carbons (Fsp3) is 0.231.